The molecule has 0 spiro atoms. The van der Waals surface area contributed by atoms with E-state index in [-0.39, 0.29) is 11.6 Å². The average molecular weight is 213 g/mol. The number of ketones is 1. The molecule has 0 aromatic heterocycles. The first-order valence-corrected chi connectivity index (χ1v) is 5.23. The first-order chi connectivity index (χ1) is 6.61. The van der Waals surface area contributed by atoms with Crippen molar-refractivity contribution in [2.45, 2.75) is 17.9 Å². The molecule has 0 aliphatic rings. The summed E-state index contributed by atoms with van der Waals surface area (Å²) in [7, 11) is 0. The van der Waals surface area contributed by atoms with Crippen molar-refractivity contribution in [2.24, 2.45) is 5.73 Å². The number of rotatable bonds is 4. The van der Waals surface area contributed by atoms with E-state index in [2.05, 4.69) is 0 Å². The van der Waals surface area contributed by atoms with Crippen molar-refractivity contribution in [2.75, 3.05) is 5.75 Å². The number of benzene rings is 1. The van der Waals surface area contributed by atoms with Gasteiger partial charge in [-0.2, -0.15) is 0 Å². The molecule has 2 N–H and O–H groups in total. The molecule has 0 aliphatic heterocycles. The van der Waals surface area contributed by atoms with Gasteiger partial charge in [-0.3, -0.25) is 4.79 Å². The summed E-state index contributed by atoms with van der Waals surface area (Å²) < 4.78 is 13.1. The molecule has 76 valence electrons. The lowest BCUT2D eigenvalue weighted by Crippen LogP contribution is -2.30. The summed E-state index contributed by atoms with van der Waals surface area (Å²) in [6.45, 7) is 1.44. The minimum Gasteiger partial charge on any atom is -0.321 e. The van der Waals surface area contributed by atoms with Gasteiger partial charge < -0.3 is 5.73 Å². The molecule has 14 heavy (non-hydrogen) atoms. The number of halogens is 1. The largest absolute Gasteiger partial charge is 0.321 e. The van der Waals surface area contributed by atoms with Crippen molar-refractivity contribution in [3.05, 3.63) is 30.1 Å². The predicted molar refractivity (Wildman–Crippen MR) is 55.8 cm³/mol. The van der Waals surface area contributed by atoms with E-state index >= 15 is 0 Å². The molecule has 1 aromatic rings. The summed E-state index contributed by atoms with van der Waals surface area (Å²) >= 11 is 1.26. The highest BCUT2D eigenvalue weighted by Gasteiger charge is 2.09. The highest BCUT2D eigenvalue weighted by Crippen LogP contribution is 2.21. The minimum absolute atomic E-state index is 0.0751. The number of hydrogen-bond acceptors (Lipinski definition) is 3. The van der Waals surface area contributed by atoms with Crippen LogP contribution in [-0.4, -0.2) is 17.6 Å². The Kier molecular flexibility index (Phi) is 4.10. The third kappa shape index (κ3) is 3.12. The van der Waals surface area contributed by atoms with Gasteiger partial charge in [-0.15, -0.1) is 11.8 Å². The summed E-state index contributed by atoms with van der Waals surface area (Å²) in [5.74, 6) is 0.0677. The van der Waals surface area contributed by atoms with Gasteiger partial charge >= 0.3 is 0 Å². The van der Waals surface area contributed by atoms with Gasteiger partial charge in [0, 0.05) is 10.6 Å². The first-order valence-electron chi connectivity index (χ1n) is 4.24. The maximum Gasteiger partial charge on any atom is 0.147 e. The zero-order valence-corrected chi connectivity index (χ0v) is 8.68. The highest BCUT2D eigenvalue weighted by molar-refractivity contribution is 7.99. The molecular formula is C10H12FNOS. The third-order valence-corrected chi connectivity index (χ3v) is 2.95. The Bertz CT molecular complexity index is 330. The fourth-order valence-electron chi connectivity index (χ4n) is 0.859. The Morgan fingerprint density at radius 1 is 1.57 bits per heavy atom. The molecule has 1 unspecified atom stereocenters. The lowest BCUT2D eigenvalue weighted by Gasteiger charge is -2.07. The minimum atomic E-state index is -0.514. The van der Waals surface area contributed by atoms with Crippen molar-refractivity contribution in [3.63, 3.8) is 0 Å². The lowest BCUT2D eigenvalue weighted by molar-refractivity contribution is -0.117. The van der Waals surface area contributed by atoms with Crippen LogP contribution >= 0.6 is 11.8 Å². The van der Waals surface area contributed by atoms with Crippen LogP contribution in [0.2, 0.25) is 0 Å². The van der Waals surface area contributed by atoms with E-state index in [4.69, 9.17) is 5.73 Å². The second-order valence-corrected chi connectivity index (χ2v) is 4.02. The number of thioether (sulfide) groups is 1. The monoisotopic (exact) mass is 213 g/mol. The van der Waals surface area contributed by atoms with Gasteiger partial charge in [0.25, 0.3) is 0 Å². The Balaban J connectivity index is 2.54. The Labute approximate surface area is 86.7 Å². The molecule has 0 amide bonds. The lowest BCUT2D eigenvalue weighted by atomic mass is 10.3. The van der Waals surface area contributed by atoms with Crippen molar-refractivity contribution in [1.82, 2.24) is 0 Å². The molecule has 0 saturated heterocycles. The Morgan fingerprint density at radius 2 is 2.21 bits per heavy atom. The topological polar surface area (TPSA) is 43.1 Å². The normalized spacial score (nSPS) is 12.5. The molecule has 0 saturated carbocycles. The van der Waals surface area contributed by atoms with E-state index in [0.717, 1.165) is 0 Å². The molecule has 1 aromatic carbocycles. The quantitative estimate of drug-likeness (QED) is 0.776. The summed E-state index contributed by atoms with van der Waals surface area (Å²) in [5, 5.41) is 0. The Hall–Kier alpha value is -0.870. The highest BCUT2D eigenvalue weighted by atomic mass is 32.2. The smallest absolute Gasteiger partial charge is 0.147 e. The van der Waals surface area contributed by atoms with Gasteiger partial charge in [0.15, 0.2) is 0 Å². The molecule has 4 heteroatoms. The fraction of sp³-hybridized carbons (Fsp3) is 0.300. The van der Waals surface area contributed by atoms with Crippen LogP contribution in [0.15, 0.2) is 29.2 Å². The van der Waals surface area contributed by atoms with Crippen LogP contribution in [0, 0.1) is 5.82 Å². The van der Waals surface area contributed by atoms with E-state index in [1.807, 2.05) is 0 Å². The predicted octanol–water partition coefficient (Wildman–Crippen LogP) is 1.83. The van der Waals surface area contributed by atoms with E-state index in [1.54, 1.807) is 18.2 Å². The molecule has 0 fully saturated rings. The van der Waals surface area contributed by atoms with Crippen LogP contribution in [0.4, 0.5) is 4.39 Å². The zero-order chi connectivity index (χ0) is 10.6. The fourth-order valence-corrected chi connectivity index (χ4v) is 1.83. The average Bonchev–Trinajstić information content (AvgIpc) is 2.16. The van der Waals surface area contributed by atoms with Crippen molar-refractivity contribution < 1.29 is 9.18 Å². The summed E-state index contributed by atoms with van der Waals surface area (Å²) in [4.78, 5) is 11.3. The molecule has 1 atom stereocenters. The summed E-state index contributed by atoms with van der Waals surface area (Å²) in [6.07, 6.45) is 0. The molecule has 2 nitrogen and oxygen atoms in total. The van der Waals surface area contributed by atoms with Crippen LogP contribution in [0.1, 0.15) is 6.92 Å². The molecule has 0 radical (unpaired) electrons. The number of carbonyl (C=O) groups excluding carboxylic acids is 1. The van der Waals surface area contributed by atoms with E-state index in [0.29, 0.717) is 10.6 Å². The third-order valence-electron chi connectivity index (χ3n) is 1.78. The van der Waals surface area contributed by atoms with E-state index in [9.17, 15) is 9.18 Å². The van der Waals surface area contributed by atoms with Gasteiger partial charge in [0.1, 0.15) is 11.6 Å². The van der Waals surface area contributed by atoms with Crippen LogP contribution in [-0.2, 0) is 4.79 Å². The number of Topliss-reactive ketones (excluding diaryl/α,β-unsaturated/α-hetero) is 1. The Morgan fingerprint density at radius 3 is 2.79 bits per heavy atom. The first kappa shape index (κ1) is 11.2. The van der Waals surface area contributed by atoms with Gasteiger partial charge in [0.05, 0.1) is 6.04 Å². The van der Waals surface area contributed by atoms with Gasteiger partial charge in [-0.25, -0.2) is 4.39 Å². The molecule has 0 heterocycles. The number of carbonyl (C=O) groups is 1. The van der Waals surface area contributed by atoms with Crippen LogP contribution in [0.5, 0.6) is 0 Å². The van der Waals surface area contributed by atoms with Crippen molar-refractivity contribution in [1.29, 1.82) is 0 Å². The second-order valence-electron chi connectivity index (χ2n) is 2.96. The van der Waals surface area contributed by atoms with Crippen LogP contribution in [0.25, 0.3) is 0 Å². The van der Waals surface area contributed by atoms with Crippen molar-refractivity contribution >= 4 is 17.5 Å². The van der Waals surface area contributed by atoms with Crippen LogP contribution < -0.4 is 5.73 Å². The number of hydrogen-bond donors (Lipinski definition) is 1. The standard InChI is InChI=1S/C10H12FNOS/c1-7(13)9(12)6-14-10-5-3-2-4-8(10)11/h2-5,9H,6,12H2,1H3. The second kappa shape index (κ2) is 5.12. The van der Waals surface area contributed by atoms with Crippen molar-refractivity contribution in [3.8, 4) is 0 Å². The molecular weight excluding hydrogens is 201 g/mol. The van der Waals surface area contributed by atoms with E-state index in [1.165, 1.54) is 24.8 Å². The molecule has 1 rings (SSSR count). The summed E-state index contributed by atoms with van der Waals surface area (Å²) in [5.41, 5.74) is 5.52. The van der Waals surface area contributed by atoms with Gasteiger partial charge in [-0.1, -0.05) is 12.1 Å². The molecule has 0 bridgehead atoms. The summed E-state index contributed by atoms with van der Waals surface area (Å²) in [6, 6.07) is 5.93. The van der Waals surface area contributed by atoms with Gasteiger partial charge in [0.2, 0.25) is 0 Å². The zero-order valence-electron chi connectivity index (χ0n) is 7.87. The maximum absolute atomic E-state index is 13.1. The van der Waals surface area contributed by atoms with E-state index < -0.39 is 6.04 Å². The maximum atomic E-state index is 13.1. The molecule has 0 aliphatic carbocycles. The number of nitrogens with two attached hydrogens (primary N) is 1. The van der Waals surface area contributed by atoms with Crippen LogP contribution in [0.3, 0.4) is 0 Å². The SMILES string of the molecule is CC(=O)C(N)CSc1ccccc1F. The van der Waals surface area contributed by atoms with Gasteiger partial charge in [-0.05, 0) is 19.1 Å².